The molecule has 0 aromatic carbocycles. The van der Waals surface area contributed by atoms with Gasteiger partial charge in [0.25, 0.3) is 0 Å². The summed E-state index contributed by atoms with van der Waals surface area (Å²) in [6.07, 6.45) is 41.8. The molecular formula is C68H116N8O4Si4. The Bertz CT molecular complexity index is 2720. The number of ether oxygens (including phenoxy) is 4. The highest BCUT2D eigenvalue weighted by atomic mass is 28.3. The van der Waals surface area contributed by atoms with Crippen molar-refractivity contribution in [2.45, 2.75) is 306 Å². The first-order chi connectivity index (χ1) is 40.2. The van der Waals surface area contributed by atoms with Crippen LogP contribution in [0.4, 0.5) is 0 Å². The summed E-state index contributed by atoms with van der Waals surface area (Å²) in [5.74, 6) is 4.43. The van der Waals surface area contributed by atoms with Crippen molar-refractivity contribution < 1.29 is 18.9 Å². The van der Waals surface area contributed by atoms with Gasteiger partial charge in [-0.25, -0.2) is 19.9 Å². The van der Waals surface area contributed by atoms with Crippen LogP contribution in [0.5, 0.6) is 0 Å². The van der Waals surface area contributed by atoms with E-state index in [-0.39, 0.29) is 0 Å². The van der Waals surface area contributed by atoms with Gasteiger partial charge in [0.2, 0.25) is 0 Å². The van der Waals surface area contributed by atoms with Gasteiger partial charge in [-0.3, -0.25) is 0 Å². The molecule has 4 heterocycles. The summed E-state index contributed by atoms with van der Waals surface area (Å²) in [5, 5.41) is 0. The van der Waals surface area contributed by atoms with E-state index >= 15 is 0 Å². The summed E-state index contributed by atoms with van der Waals surface area (Å²) in [5.41, 5.74) is 14.2. The average Bonchev–Trinajstić information content (AvgIpc) is 3.20. The minimum Gasteiger partial charge on any atom is -0.361 e. The first-order valence-corrected chi connectivity index (χ1v) is 48.9. The molecule has 8 aliphatic rings. The van der Waals surface area contributed by atoms with Crippen molar-refractivity contribution in [3.8, 4) is 0 Å². The highest BCUT2D eigenvalue weighted by Gasteiger charge is 2.36. The molecular weight excluding hydrogens is 1110 g/mol. The first-order valence-electron chi connectivity index (χ1n) is 34.1. The van der Waals surface area contributed by atoms with Crippen molar-refractivity contribution >= 4 is 43.4 Å². The first kappa shape index (κ1) is 65.5. The third-order valence-corrected chi connectivity index (χ3v) is 25.3. The lowest BCUT2D eigenvalue weighted by Crippen LogP contribution is -2.22. The summed E-state index contributed by atoms with van der Waals surface area (Å²) in [4.78, 5) is 18.9. The second-order valence-corrected chi connectivity index (χ2v) is 54.0. The van der Waals surface area contributed by atoms with Crippen molar-refractivity contribution in [3.63, 3.8) is 0 Å². The van der Waals surface area contributed by atoms with Crippen LogP contribution in [0, 0.1) is 0 Å². The number of hydrogen-bond donors (Lipinski definition) is 0. The van der Waals surface area contributed by atoms with Crippen LogP contribution in [0.1, 0.15) is 222 Å². The summed E-state index contributed by atoms with van der Waals surface area (Å²) < 4.78 is 32.9. The molecule has 84 heavy (non-hydrogen) atoms. The van der Waals surface area contributed by atoms with Crippen LogP contribution < -0.4 is 0 Å². The largest absolute Gasteiger partial charge is 0.361 e. The Kier molecular flexibility index (Phi) is 23.4. The topological polar surface area (TPSA) is 108 Å². The summed E-state index contributed by atoms with van der Waals surface area (Å²) in [6, 6.07) is 4.96. The third-order valence-electron chi connectivity index (χ3n) is 18.5. The fourth-order valence-corrected chi connectivity index (χ4v) is 15.6. The minimum atomic E-state index is -0.999. The molecule has 0 bridgehead atoms. The monoisotopic (exact) mass is 1220 g/mol. The van der Waals surface area contributed by atoms with Crippen molar-refractivity contribution in [1.82, 2.24) is 38.2 Å². The van der Waals surface area contributed by atoms with E-state index in [0.29, 0.717) is 32.8 Å². The van der Waals surface area contributed by atoms with Crippen LogP contribution >= 0.6 is 0 Å². The van der Waals surface area contributed by atoms with Gasteiger partial charge >= 0.3 is 0 Å². The second kappa shape index (κ2) is 30.0. The molecule has 0 unspecified atom stereocenters. The third kappa shape index (κ3) is 20.5. The van der Waals surface area contributed by atoms with E-state index in [1.807, 2.05) is 25.3 Å². The van der Waals surface area contributed by atoms with E-state index in [9.17, 15) is 0 Å². The molecule has 8 aliphatic carbocycles. The molecule has 4 aromatic heterocycles. The zero-order chi connectivity index (χ0) is 59.5. The standard InChI is InChI=1S/C17H30N2OSi.C17H28N2OSi.C17H30N2OSi.C17H28N2OSi/c2*1-21(2,3)11-10-20-13-19-12-18-16(14-8-9-14)17(19)15-6-4-5-7-15;2*1-21(2,3)11-10-20-13-19-12-18-16(14-6-4-5-7-14)17(19)15-8-9-15/h12,14-15H,4-11,13H2,1-3H3;6,12,14H,4-5,7-11,13H2,1-3H3;12,14-15H,4-11,13H2,1-3H3;6,12,15H,4-5,7-11,13H2,1-3H3. The lowest BCUT2D eigenvalue weighted by atomic mass is 10.00. The Morgan fingerprint density at radius 1 is 0.357 bits per heavy atom. The molecule has 0 aliphatic heterocycles. The molecule has 12 rings (SSSR count). The van der Waals surface area contributed by atoms with Crippen LogP contribution in [-0.2, 0) is 45.9 Å². The van der Waals surface area contributed by atoms with Crippen LogP contribution in [0.25, 0.3) is 11.1 Å². The highest BCUT2D eigenvalue weighted by molar-refractivity contribution is 6.77. The van der Waals surface area contributed by atoms with Crippen LogP contribution in [-0.4, -0.2) is 96.9 Å². The summed E-state index contributed by atoms with van der Waals surface area (Å²) >= 11 is 0. The fourth-order valence-electron chi connectivity index (χ4n) is 12.6. The van der Waals surface area contributed by atoms with Crippen molar-refractivity contribution in [3.05, 3.63) is 83.0 Å². The van der Waals surface area contributed by atoms with E-state index in [0.717, 1.165) is 56.0 Å². The molecule has 0 atom stereocenters. The van der Waals surface area contributed by atoms with Gasteiger partial charge in [0.05, 0.1) is 59.5 Å². The number of nitrogens with zero attached hydrogens (tertiary/aromatic N) is 8. The molecule has 16 heteroatoms. The van der Waals surface area contributed by atoms with Crippen LogP contribution in [0.15, 0.2) is 37.5 Å². The van der Waals surface area contributed by atoms with Gasteiger partial charge in [-0.2, -0.15) is 0 Å². The predicted octanol–water partition coefficient (Wildman–Crippen LogP) is 18.7. The van der Waals surface area contributed by atoms with Gasteiger partial charge in [-0.15, -0.1) is 0 Å². The fraction of sp³-hybridized carbons (Fsp3) is 0.765. The smallest absolute Gasteiger partial charge is 0.124 e. The molecule has 4 aromatic rings. The van der Waals surface area contributed by atoms with Crippen LogP contribution in [0.2, 0.25) is 103 Å². The molecule has 468 valence electrons. The molecule has 0 radical (unpaired) electrons. The summed E-state index contributed by atoms with van der Waals surface area (Å²) in [7, 11) is -3.96. The molecule has 6 saturated carbocycles. The lowest BCUT2D eigenvalue weighted by molar-refractivity contribution is 0.0844. The number of aromatic nitrogens is 8. The van der Waals surface area contributed by atoms with E-state index in [4.69, 9.17) is 38.9 Å². The van der Waals surface area contributed by atoms with Crippen molar-refractivity contribution in [1.29, 1.82) is 0 Å². The van der Waals surface area contributed by atoms with Gasteiger partial charge in [0, 0.05) is 106 Å². The highest BCUT2D eigenvalue weighted by Crippen LogP contribution is 2.48. The number of hydrogen-bond acceptors (Lipinski definition) is 8. The molecule has 0 spiro atoms. The molecule has 0 amide bonds. The molecule has 0 saturated heterocycles. The Hall–Kier alpha value is -2.97. The normalized spacial score (nSPS) is 19.7. The Balaban J connectivity index is 0.000000134. The second-order valence-electron chi connectivity index (χ2n) is 31.6. The minimum absolute atomic E-state index is 0.664. The number of rotatable bonds is 28. The maximum absolute atomic E-state index is 5.97. The van der Waals surface area contributed by atoms with E-state index in [1.54, 1.807) is 0 Å². The SMILES string of the molecule is C[Si](C)(C)CCOCn1cnc(C2=CCCC2)c1C1CC1.C[Si](C)(C)CCOCn1cnc(C2CC2)c1C1=CCCC1.C[Si](C)(C)CCOCn1cnc(C2CC2)c1C1CCCC1.C[Si](C)(C)CCOCn1cnc(C2CCCC2)c1C1CC1. The van der Waals surface area contributed by atoms with Crippen molar-refractivity contribution in [2.24, 2.45) is 0 Å². The Morgan fingerprint density at radius 3 is 1.08 bits per heavy atom. The van der Waals surface area contributed by atoms with Crippen LogP contribution in [0.3, 0.4) is 0 Å². The zero-order valence-electron chi connectivity index (χ0n) is 55.2. The maximum Gasteiger partial charge on any atom is 0.124 e. The number of allylic oxidation sites excluding steroid dienone is 4. The number of imidazole rings is 4. The Labute approximate surface area is 513 Å². The van der Waals surface area contributed by atoms with Gasteiger partial charge in [-0.05, 0) is 151 Å². The van der Waals surface area contributed by atoms with Gasteiger partial charge in [0.1, 0.15) is 26.9 Å². The zero-order valence-corrected chi connectivity index (χ0v) is 59.2. The van der Waals surface area contributed by atoms with Gasteiger partial charge in [-0.1, -0.05) is 116 Å². The summed E-state index contributed by atoms with van der Waals surface area (Å²) in [6.45, 7) is 35.1. The predicted molar refractivity (Wildman–Crippen MR) is 359 cm³/mol. The Morgan fingerprint density at radius 2 is 0.679 bits per heavy atom. The van der Waals surface area contributed by atoms with Crippen molar-refractivity contribution in [2.75, 3.05) is 26.4 Å². The van der Waals surface area contributed by atoms with E-state index in [2.05, 4.69) is 109 Å². The van der Waals surface area contributed by atoms with Gasteiger partial charge in [0.15, 0.2) is 0 Å². The quantitative estimate of drug-likeness (QED) is 0.0409. The van der Waals surface area contributed by atoms with Gasteiger partial charge < -0.3 is 37.2 Å². The van der Waals surface area contributed by atoms with E-state index in [1.165, 1.54) is 222 Å². The molecule has 12 nitrogen and oxygen atoms in total. The lowest BCUT2D eigenvalue weighted by Gasteiger charge is -2.18. The maximum atomic E-state index is 5.97. The molecule has 6 fully saturated rings. The average molecular weight is 1220 g/mol. The molecule has 0 N–H and O–H groups in total. The van der Waals surface area contributed by atoms with E-state index < -0.39 is 32.3 Å².